The SMILES string of the molecule is CCCC1CC1NS(=O)(=O)c1ccc(CNC)cc1OC. The van der Waals surface area contributed by atoms with E-state index in [0.29, 0.717) is 18.2 Å². The molecule has 1 fully saturated rings. The Kier molecular flexibility index (Phi) is 5.24. The van der Waals surface area contributed by atoms with Gasteiger partial charge < -0.3 is 10.1 Å². The summed E-state index contributed by atoms with van der Waals surface area (Å²) in [6, 6.07) is 5.27. The minimum atomic E-state index is -3.52. The molecular formula is C15H24N2O3S. The molecule has 0 amide bonds. The first-order valence-corrected chi connectivity index (χ1v) is 8.84. The third-order valence-corrected chi connectivity index (χ3v) is 5.32. The van der Waals surface area contributed by atoms with Crippen molar-refractivity contribution >= 4 is 10.0 Å². The summed E-state index contributed by atoms with van der Waals surface area (Å²) in [6.45, 7) is 2.79. The lowest BCUT2D eigenvalue weighted by Crippen LogP contribution is -2.27. The number of sulfonamides is 1. The molecule has 1 aromatic rings. The van der Waals surface area contributed by atoms with E-state index >= 15 is 0 Å². The fourth-order valence-electron chi connectivity index (χ4n) is 2.59. The maximum Gasteiger partial charge on any atom is 0.244 e. The highest BCUT2D eigenvalue weighted by Gasteiger charge is 2.39. The van der Waals surface area contributed by atoms with E-state index in [9.17, 15) is 8.42 Å². The molecule has 0 saturated heterocycles. The summed E-state index contributed by atoms with van der Waals surface area (Å²) in [5, 5.41) is 3.03. The molecule has 1 aromatic carbocycles. The lowest BCUT2D eigenvalue weighted by molar-refractivity contribution is 0.401. The Morgan fingerprint density at radius 3 is 2.76 bits per heavy atom. The fraction of sp³-hybridized carbons (Fsp3) is 0.600. The molecule has 118 valence electrons. The number of rotatable bonds is 8. The van der Waals surface area contributed by atoms with Crippen LogP contribution in [-0.2, 0) is 16.6 Å². The minimum absolute atomic E-state index is 0.0802. The lowest BCUT2D eigenvalue weighted by Gasteiger charge is -2.12. The van der Waals surface area contributed by atoms with Crippen LogP contribution in [0.25, 0.3) is 0 Å². The van der Waals surface area contributed by atoms with Crippen molar-refractivity contribution in [3.63, 3.8) is 0 Å². The molecule has 0 radical (unpaired) electrons. The van der Waals surface area contributed by atoms with E-state index in [1.54, 1.807) is 12.1 Å². The van der Waals surface area contributed by atoms with E-state index in [4.69, 9.17) is 4.74 Å². The first-order valence-electron chi connectivity index (χ1n) is 7.35. The molecule has 0 aromatic heterocycles. The van der Waals surface area contributed by atoms with E-state index in [0.717, 1.165) is 24.8 Å². The quantitative estimate of drug-likeness (QED) is 0.769. The van der Waals surface area contributed by atoms with Crippen molar-refractivity contribution in [3.05, 3.63) is 23.8 Å². The predicted molar refractivity (Wildman–Crippen MR) is 82.9 cm³/mol. The van der Waals surface area contributed by atoms with Crippen LogP contribution >= 0.6 is 0 Å². The Morgan fingerprint density at radius 1 is 1.38 bits per heavy atom. The standard InChI is InChI=1S/C15H24N2O3S/c1-4-5-12-9-13(12)17-21(18,19)15-7-6-11(10-16-2)8-14(15)20-3/h6-8,12-13,16-17H,4-5,9-10H2,1-3H3. The summed E-state index contributed by atoms with van der Waals surface area (Å²) in [6.07, 6.45) is 3.10. The number of nitrogens with one attached hydrogen (secondary N) is 2. The van der Waals surface area contributed by atoms with Gasteiger partial charge in [-0.15, -0.1) is 0 Å². The lowest BCUT2D eigenvalue weighted by atomic mass is 10.2. The molecule has 2 N–H and O–H groups in total. The van der Waals surface area contributed by atoms with Crippen molar-refractivity contribution in [2.75, 3.05) is 14.2 Å². The van der Waals surface area contributed by atoms with Crippen LogP contribution in [0.3, 0.4) is 0 Å². The summed E-state index contributed by atoms with van der Waals surface area (Å²) in [4.78, 5) is 0.215. The molecule has 2 atom stereocenters. The molecule has 0 aliphatic heterocycles. The van der Waals surface area contributed by atoms with Gasteiger partial charge in [-0.05, 0) is 43.5 Å². The Bertz CT molecular complexity index is 587. The predicted octanol–water partition coefficient (Wildman–Crippen LogP) is 1.88. The molecule has 0 bridgehead atoms. The van der Waals surface area contributed by atoms with Gasteiger partial charge in [0.2, 0.25) is 10.0 Å². The summed E-state index contributed by atoms with van der Waals surface area (Å²) in [5.74, 6) is 0.877. The van der Waals surface area contributed by atoms with Crippen LogP contribution in [0.15, 0.2) is 23.1 Å². The molecular weight excluding hydrogens is 288 g/mol. The summed E-state index contributed by atoms with van der Waals surface area (Å²) < 4.78 is 33.0. The van der Waals surface area contributed by atoms with Crippen molar-refractivity contribution in [2.45, 2.75) is 43.7 Å². The van der Waals surface area contributed by atoms with Crippen LogP contribution in [-0.4, -0.2) is 28.6 Å². The van der Waals surface area contributed by atoms with Crippen molar-refractivity contribution < 1.29 is 13.2 Å². The fourth-order valence-corrected chi connectivity index (χ4v) is 4.06. The Balaban J connectivity index is 2.16. The van der Waals surface area contributed by atoms with Crippen molar-refractivity contribution in [2.24, 2.45) is 5.92 Å². The van der Waals surface area contributed by atoms with Gasteiger partial charge in [0.05, 0.1) is 7.11 Å². The van der Waals surface area contributed by atoms with Gasteiger partial charge in [0.1, 0.15) is 10.6 Å². The average Bonchev–Trinajstić information content (AvgIpc) is 3.16. The Hall–Kier alpha value is -1.11. The molecule has 2 unspecified atom stereocenters. The zero-order valence-corrected chi connectivity index (χ0v) is 13.7. The topological polar surface area (TPSA) is 67.4 Å². The normalized spacial score (nSPS) is 21.3. The molecule has 1 aliphatic carbocycles. The number of methoxy groups -OCH3 is 1. The summed E-state index contributed by atoms with van der Waals surface area (Å²) in [5.41, 5.74) is 0.989. The largest absolute Gasteiger partial charge is 0.495 e. The number of hydrogen-bond donors (Lipinski definition) is 2. The highest BCUT2D eigenvalue weighted by molar-refractivity contribution is 7.89. The van der Waals surface area contributed by atoms with Gasteiger partial charge in [-0.2, -0.15) is 0 Å². The van der Waals surface area contributed by atoms with Crippen molar-refractivity contribution in [1.82, 2.24) is 10.0 Å². The van der Waals surface area contributed by atoms with Crippen LogP contribution in [0.4, 0.5) is 0 Å². The minimum Gasteiger partial charge on any atom is -0.495 e. The third kappa shape index (κ3) is 3.96. The second-order valence-electron chi connectivity index (χ2n) is 5.53. The van der Waals surface area contributed by atoms with Gasteiger partial charge in [-0.3, -0.25) is 0 Å². The highest BCUT2D eigenvalue weighted by Crippen LogP contribution is 2.36. The van der Waals surface area contributed by atoms with E-state index in [1.165, 1.54) is 7.11 Å². The smallest absolute Gasteiger partial charge is 0.244 e. The second-order valence-corrected chi connectivity index (χ2v) is 7.21. The van der Waals surface area contributed by atoms with Crippen LogP contribution < -0.4 is 14.8 Å². The maximum absolute atomic E-state index is 12.5. The molecule has 0 heterocycles. The van der Waals surface area contributed by atoms with Crippen molar-refractivity contribution in [1.29, 1.82) is 0 Å². The number of benzene rings is 1. The molecule has 1 saturated carbocycles. The number of hydrogen-bond acceptors (Lipinski definition) is 4. The second kappa shape index (κ2) is 6.77. The van der Waals surface area contributed by atoms with Crippen LogP contribution in [0.2, 0.25) is 0 Å². The average molecular weight is 312 g/mol. The molecule has 0 spiro atoms. The van der Waals surface area contributed by atoms with Gasteiger partial charge >= 0.3 is 0 Å². The monoisotopic (exact) mass is 312 g/mol. The molecule has 1 aliphatic rings. The maximum atomic E-state index is 12.5. The summed E-state index contributed by atoms with van der Waals surface area (Å²) in [7, 11) is -0.177. The van der Waals surface area contributed by atoms with Crippen molar-refractivity contribution in [3.8, 4) is 5.75 Å². The van der Waals surface area contributed by atoms with Crippen LogP contribution in [0, 0.1) is 5.92 Å². The van der Waals surface area contributed by atoms with Crippen LogP contribution in [0.5, 0.6) is 5.75 Å². The van der Waals surface area contributed by atoms with E-state index in [2.05, 4.69) is 17.0 Å². The first-order chi connectivity index (χ1) is 10.0. The molecule has 6 heteroatoms. The highest BCUT2D eigenvalue weighted by atomic mass is 32.2. The summed E-state index contributed by atoms with van der Waals surface area (Å²) >= 11 is 0. The Morgan fingerprint density at radius 2 is 2.14 bits per heavy atom. The van der Waals surface area contributed by atoms with E-state index < -0.39 is 10.0 Å². The molecule has 21 heavy (non-hydrogen) atoms. The van der Waals surface area contributed by atoms with E-state index in [-0.39, 0.29) is 10.9 Å². The van der Waals surface area contributed by atoms with Gasteiger partial charge in [-0.25, -0.2) is 13.1 Å². The first kappa shape index (κ1) is 16.3. The zero-order valence-electron chi connectivity index (χ0n) is 12.8. The molecule has 5 nitrogen and oxygen atoms in total. The third-order valence-electron chi connectivity index (χ3n) is 3.79. The molecule has 2 rings (SSSR count). The van der Waals surface area contributed by atoms with Gasteiger partial charge in [0, 0.05) is 12.6 Å². The van der Waals surface area contributed by atoms with Gasteiger partial charge in [0.25, 0.3) is 0 Å². The number of ether oxygens (including phenoxy) is 1. The zero-order chi connectivity index (χ0) is 15.5. The Labute approximate surface area is 127 Å². The van der Waals surface area contributed by atoms with E-state index in [1.807, 2.05) is 13.1 Å². The van der Waals surface area contributed by atoms with Crippen LogP contribution in [0.1, 0.15) is 31.7 Å². The van der Waals surface area contributed by atoms with Gasteiger partial charge in [-0.1, -0.05) is 19.4 Å². The van der Waals surface area contributed by atoms with Gasteiger partial charge in [0.15, 0.2) is 0 Å².